The van der Waals surface area contributed by atoms with E-state index in [4.69, 9.17) is 25.6 Å². The van der Waals surface area contributed by atoms with E-state index >= 15 is 0 Å². The Labute approximate surface area is 159 Å². The summed E-state index contributed by atoms with van der Waals surface area (Å²) in [6.45, 7) is -0.0704. The number of oxime groups is 1. The van der Waals surface area contributed by atoms with E-state index in [2.05, 4.69) is 20.7 Å². The van der Waals surface area contributed by atoms with E-state index in [1.165, 1.54) is 0 Å². The molecule has 0 saturated carbocycles. The third kappa shape index (κ3) is 5.05. The second kappa shape index (κ2) is 8.81. The number of para-hydroxylation sites is 1. The molecule has 138 valence electrons. The Morgan fingerprint density at radius 3 is 2.74 bits per heavy atom. The molecule has 1 aromatic heterocycles. The number of ether oxygens (including phenoxy) is 1. The van der Waals surface area contributed by atoms with Crippen molar-refractivity contribution in [2.75, 3.05) is 12.4 Å². The number of nitrogens with zero attached hydrogens (tertiary/aromatic N) is 3. The van der Waals surface area contributed by atoms with E-state index in [9.17, 15) is 4.79 Å². The topological polar surface area (TPSA) is 98.8 Å². The van der Waals surface area contributed by atoms with Crippen molar-refractivity contribution in [2.24, 2.45) is 5.16 Å². The number of nitrogens with one attached hydrogen (secondary N) is 1. The summed E-state index contributed by atoms with van der Waals surface area (Å²) in [5.41, 5.74) is 1.23. The highest BCUT2D eigenvalue weighted by atomic mass is 35.5. The summed E-state index contributed by atoms with van der Waals surface area (Å²) in [6, 6.07) is 14.0. The lowest BCUT2D eigenvalue weighted by Crippen LogP contribution is -2.13. The summed E-state index contributed by atoms with van der Waals surface area (Å²) in [5.74, 6) is 0.819. The molecule has 1 amide bonds. The van der Waals surface area contributed by atoms with E-state index in [-0.39, 0.29) is 12.5 Å². The number of carbonyl (C=O) groups is 1. The van der Waals surface area contributed by atoms with E-state index in [0.29, 0.717) is 16.6 Å². The lowest BCUT2D eigenvalue weighted by atomic mass is 10.2. The standard InChI is InChI=1S/C18H15ClN4O4/c1-25-13-8-6-12(7-9-13)18-23-22-17(27-18)11-26-20-10-16(24)21-15-5-3-2-4-14(15)19/h2-10H,11H2,1H3,(H,21,24). The molecule has 0 aliphatic heterocycles. The molecule has 27 heavy (non-hydrogen) atoms. The third-order valence-electron chi connectivity index (χ3n) is 3.37. The zero-order valence-electron chi connectivity index (χ0n) is 14.3. The van der Waals surface area contributed by atoms with Crippen LogP contribution in [-0.4, -0.2) is 29.4 Å². The maximum atomic E-state index is 11.8. The van der Waals surface area contributed by atoms with Gasteiger partial charge in [-0.15, -0.1) is 10.2 Å². The summed E-state index contributed by atoms with van der Waals surface area (Å²) < 4.78 is 10.6. The van der Waals surface area contributed by atoms with Gasteiger partial charge < -0.3 is 19.3 Å². The van der Waals surface area contributed by atoms with Crippen molar-refractivity contribution in [2.45, 2.75) is 6.61 Å². The maximum absolute atomic E-state index is 11.8. The second-order valence-corrected chi connectivity index (χ2v) is 5.61. The van der Waals surface area contributed by atoms with Gasteiger partial charge in [0.05, 0.1) is 17.8 Å². The minimum Gasteiger partial charge on any atom is -0.497 e. The number of halogens is 1. The van der Waals surface area contributed by atoms with Gasteiger partial charge in [-0.3, -0.25) is 4.79 Å². The van der Waals surface area contributed by atoms with Crippen LogP contribution in [0.25, 0.3) is 11.5 Å². The Bertz CT molecular complexity index is 941. The number of rotatable bonds is 7. The smallest absolute Gasteiger partial charge is 0.270 e. The van der Waals surface area contributed by atoms with Crippen LogP contribution in [0.15, 0.2) is 58.1 Å². The van der Waals surface area contributed by atoms with E-state index in [0.717, 1.165) is 17.5 Å². The molecule has 0 fully saturated rings. The first kappa shape index (κ1) is 18.4. The highest BCUT2D eigenvalue weighted by Gasteiger charge is 2.09. The molecule has 2 aromatic carbocycles. The molecule has 0 spiro atoms. The number of aromatic nitrogens is 2. The lowest BCUT2D eigenvalue weighted by molar-refractivity contribution is -0.110. The van der Waals surface area contributed by atoms with Crippen LogP contribution in [0, 0.1) is 0 Å². The number of hydrogen-bond donors (Lipinski definition) is 1. The minimum atomic E-state index is -0.479. The summed E-state index contributed by atoms with van der Waals surface area (Å²) in [7, 11) is 1.59. The first-order valence-corrected chi connectivity index (χ1v) is 8.21. The summed E-state index contributed by atoms with van der Waals surface area (Å²) in [6.07, 6.45) is 0.990. The van der Waals surface area contributed by atoms with Crippen molar-refractivity contribution >= 4 is 29.4 Å². The zero-order valence-corrected chi connectivity index (χ0v) is 15.0. The van der Waals surface area contributed by atoms with Crippen LogP contribution in [-0.2, 0) is 16.2 Å². The Hall–Kier alpha value is -3.39. The van der Waals surface area contributed by atoms with Crippen molar-refractivity contribution in [1.29, 1.82) is 0 Å². The zero-order chi connectivity index (χ0) is 19.1. The molecule has 0 bridgehead atoms. The molecule has 0 aliphatic rings. The van der Waals surface area contributed by atoms with Crippen LogP contribution in [0.3, 0.4) is 0 Å². The highest BCUT2D eigenvalue weighted by molar-refractivity contribution is 6.36. The van der Waals surface area contributed by atoms with E-state index < -0.39 is 5.91 Å². The second-order valence-electron chi connectivity index (χ2n) is 5.21. The number of benzene rings is 2. The van der Waals surface area contributed by atoms with Crippen molar-refractivity contribution in [3.63, 3.8) is 0 Å². The van der Waals surface area contributed by atoms with Gasteiger partial charge in [0.25, 0.3) is 11.8 Å². The number of amides is 1. The van der Waals surface area contributed by atoms with Crippen molar-refractivity contribution in [3.8, 4) is 17.2 Å². The van der Waals surface area contributed by atoms with Gasteiger partial charge in [-0.1, -0.05) is 28.9 Å². The van der Waals surface area contributed by atoms with Gasteiger partial charge in [-0.2, -0.15) is 0 Å². The number of anilines is 1. The predicted octanol–water partition coefficient (Wildman–Crippen LogP) is 3.54. The van der Waals surface area contributed by atoms with E-state index in [1.807, 2.05) is 0 Å². The Kier molecular flexibility index (Phi) is 6.01. The first-order valence-electron chi connectivity index (χ1n) is 7.83. The lowest BCUT2D eigenvalue weighted by Gasteiger charge is -2.03. The third-order valence-corrected chi connectivity index (χ3v) is 3.70. The van der Waals surface area contributed by atoms with Gasteiger partial charge in [0.15, 0.2) is 6.61 Å². The number of methoxy groups -OCH3 is 1. The molecule has 1 heterocycles. The average Bonchev–Trinajstić information content (AvgIpc) is 3.16. The van der Waals surface area contributed by atoms with Gasteiger partial charge >= 0.3 is 0 Å². The molecule has 8 nitrogen and oxygen atoms in total. The maximum Gasteiger partial charge on any atom is 0.270 e. The molecule has 0 atom stereocenters. The van der Waals surface area contributed by atoms with Crippen LogP contribution >= 0.6 is 11.6 Å². The first-order chi connectivity index (χ1) is 13.2. The molecular weight excluding hydrogens is 372 g/mol. The fraction of sp³-hybridized carbons (Fsp3) is 0.111. The van der Waals surface area contributed by atoms with Gasteiger partial charge in [-0.25, -0.2) is 0 Å². The van der Waals surface area contributed by atoms with Crippen molar-refractivity contribution in [1.82, 2.24) is 10.2 Å². The molecule has 0 radical (unpaired) electrons. The van der Waals surface area contributed by atoms with Gasteiger partial charge in [0.2, 0.25) is 5.89 Å². The normalized spacial score (nSPS) is 10.7. The summed E-state index contributed by atoms with van der Waals surface area (Å²) >= 11 is 5.95. The average molecular weight is 387 g/mol. The van der Waals surface area contributed by atoms with E-state index in [1.54, 1.807) is 55.6 Å². The molecular formula is C18H15ClN4O4. The molecule has 3 aromatic rings. The molecule has 1 N–H and O–H groups in total. The number of carbonyl (C=O) groups excluding carboxylic acids is 1. The summed E-state index contributed by atoms with van der Waals surface area (Å²) in [4.78, 5) is 16.8. The Balaban J connectivity index is 1.50. The minimum absolute atomic E-state index is 0.0704. The van der Waals surface area contributed by atoms with Crippen LogP contribution < -0.4 is 10.1 Å². The largest absolute Gasteiger partial charge is 0.497 e. The Morgan fingerprint density at radius 2 is 2.00 bits per heavy atom. The number of hydrogen-bond acceptors (Lipinski definition) is 7. The fourth-order valence-corrected chi connectivity index (χ4v) is 2.25. The van der Waals surface area contributed by atoms with Gasteiger partial charge in [0.1, 0.15) is 12.0 Å². The highest BCUT2D eigenvalue weighted by Crippen LogP contribution is 2.21. The molecule has 0 saturated heterocycles. The summed E-state index contributed by atoms with van der Waals surface area (Å²) in [5, 5.41) is 14.4. The SMILES string of the molecule is COc1ccc(-c2nnc(CON=CC(=O)Nc3ccccc3Cl)o2)cc1. The molecule has 0 aliphatic carbocycles. The van der Waals surface area contributed by atoms with Crippen LogP contribution in [0.2, 0.25) is 5.02 Å². The van der Waals surface area contributed by atoms with Crippen molar-refractivity contribution < 1.29 is 18.8 Å². The van der Waals surface area contributed by atoms with Gasteiger partial charge in [-0.05, 0) is 36.4 Å². The molecule has 0 unspecified atom stereocenters. The van der Waals surface area contributed by atoms with Crippen molar-refractivity contribution in [3.05, 3.63) is 59.4 Å². The van der Waals surface area contributed by atoms with Crippen LogP contribution in [0.4, 0.5) is 5.69 Å². The van der Waals surface area contributed by atoms with Crippen LogP contribution in [0.5, 0.6) is 5.75 Å². The van der Waals surface area contributed by atoms with Crippen LogP contribution in [0.1, 0.15) is 5.89 Å². The predicted molar refractivity (Wildman–Crippen MR) is 99.6 cm³/mol. The quantitative estimate of drug-likeness (QED) is 0.492. The molecule has 9 heteroatoms. The van der Waals surface area contributed by atoms with Gasteiger partial charge in [0, 0.05) is 5.56 Å². The monoisotopic (exact) mass is 386 g/mol. The Morgan fingerprint density at radius 1 is 1.22 bits per heavy atom. The molecule has 3 rings (SSSR count). The fourth-order valence-electron chi connectivity index (χ4n) is 2.07.